The van der Waals surface area contributed by atoms with Gasteiger partial charge in [-0.05, 0) is 32.9 Å². The minimum atomic E-state index is -2.08. The monoisotopic (exact) mass is 250 g/mol. The summed E-state index contributed by atoms with van der Waals surface area (Å²) in [5.74, 6) is 0. The second kappa shape index (κ2) is 9.09. The molecule has 0 fully saturated rings. The molecule has 6 heteroatoms. The van der Waals surface area contributed by atoms with E-state index >= 15 is 0 Å². The molecule has 16 heavy (non-hydrogen) atoms. The first kappa shape index (κ1) is 16.0. The van der Waals surface area contributed by atoms with Crippen LogP contribution in [-0.4, -0.2) is 46.2 Å². The van der Waals surface area contributed by atoms with Crippen LogP contribution in [0.5, 0.6) is 0 Å². The molecular formula is C10H26N2O3Si. The van der Waals surface area contributed by atoms with Crippen LogP contribution >= 0.6 is 0 Å². The normalized spacial score (nSPS) is 14.1. The summed E-state index contributed by atoms with van der Waals surface area (Å²) in [6.45, 7) is 8.45. The molecule has 0 aliphatic heterocycles. The maximum Gasteiger partial charge on any atom is 0.335 e. The van der Waals surface area contributed by atoms with Crippen LogP contribution in [0.3, 0.4) is 0 Å². The summed E-state index contributed by atoms with van der Waals surface area (Å²) in [5.41, 5.74) is 5.34. The summed E-state index contributed by atoms with van der Waals surface area (Å²) in [5, 5.41) is 12.6. The van der Waals surface area contributed by atoms with Gasteiger partial charge in [0.2, 0.25) is 0 Å². The lowest BCUT2D eigenvalue weighted by Gasteiger charge is -2.27. The molecule has 0 amide bonds. The minimum absolute atomic E-state index is 0.517. The van der Waals surface area contributed by atoms with Crippen molar-refractivity contribution in [1.82, 2.24) is 5.32 Å². The van der Waals surface area contributed by atoms with Crippen molar-refractivity contribution < 1.29 is 14.0 Å². The number of hydrogen-bond acceptors (Lipinski definition) is 5. The molecule has 0 rings (SSSR count). The third kappa shape index (κ3) is 7.32. The molecule has 0 saturated heterocycles. The van der Waals surface area contributed by atoms with E-state index in [1.54, 1.807) is 0 Å². The molecule has 0 radical (unpaired) electrons. The van der Waals surface area contributed by atoms with Crippen molar-refractivity contribution in [2.45, 2.75) is 39.1 Å². The zero-order chi connectivity index (χ0) is 12.4. The first-order valence-electron chi connectivity index (χ1n) is 5.97. The fourth-order valence-corrected chi connectivity index (χ4v) is 3.94. The largest absolute Gasteiger partial charge is 0.395 e. The second-order valence-corrected chi connectivity index (χ2v) is 7.14. The highest BCUT2D eigenvalue weighted by Crippen LogP contribution is 2.16. The zero-order valence-corrected chi connectivity index (χ0v) is 11.7. The fraction of sp³-hybridized carbons (Fsp3) is 1.00. The van der Waals surface area contributed by atoms with Crippen LogP contribution in [0.2, 0.25) is 12.6 Å². The van der Waals surface area contributed by atoms with Gasteiger partial charge in [0, 0.05) is 26.3 Å². The van der Waals surface area contributed by atoms with Gasteiger partial charge in [0.1, 0.15) is 6.23 Å². The van der Waals surface area contributed by atoms with Crippen LogP contribution in [0.25, 0.3) is 0 Å². The van der Waals surface area contributed by atoms with Crippen LogP contribution in [-0.2, 0) is 8.85 Å². The van der Waals surface area contributed by atoms with E-state index in [-0.39, 0.29) is 0 Å². The molecule has 1 unspecified atom stereocenters. The van der Waals surface area contributed by atoms with E-state index in [9.17, 15) is 5.11 Å². The van der Waals surface area contributed by atoms with Gasteiger partial charge < -0.3 is 19.7 Å². The van der Waals surface area contributed by atoms with Gasteiger partial charge in [0.25, 0.3) is 0 Å². The third-order valence-corrected chi connectivity index (χ3v) is 5.29. The SMILES string of the molecule is CCO[Si](C)(CCC(O)NCCN)OCC. The Morgan fingerprint density at radius 1 is 1.31 bits per heavy atom. The average Bonchev–Trinajstić information content (AvgIpc) is 2.24. The molecule has 5 nitrogen and oxygen atoms in total. The highest BCUT2D eigenvalue weighted by atomic mass is 28.4. The fourth-order valence-electron chi connectivity index (χ4n) is 1.55. The number of rotatable bonds is 10. The maximum atomic E-state index is 9.62. The van der Waals surface area contributed by atoms with Crippen LogP contribution in [0.15, 0.2) is 0 Å². The lowest BCUT2D eigenvalue weighted by atomic mass is 10.4. The van der Waals surface area contributed by atoms with E-state index < -0.39 is 14.8 Å². The number of hydrogen-bond donors (Lipinski definition) is 3. The van der Waals surface area contributed by atoms with E-state index in [4.69, 9.17) is 14.6 Å². The molecule has 0 aromatic carbocycles. The lowest BCUT2D eigenvalue weighted by Crippen LogP contribution is -2.41. The highest BCUT2D eigenvalue weighted by molar-refractivity contribution is 6.66. The standard InChI is InChI=1S/C10H26N2O3Si/c1-4-14-16(3,15-5-2)9-6-10(13)12-8-7-11/h10,12-13H,4-9,11H2,1-3H3. The molecule has 98 valence electrons. The summed E-state index contributed by atoms with van der Waals surface area (Å²) in [4.78, 5) is 0. The van der Waals surface area contributed by atoms with Gasteiger partial charge in [0.15, 0.2) is 0 Å². The van der Waals surface area contributed by atoms with Crippen molar-refractivity contribution >= 4 is 8.56 Å². The summed E-state index contributed by atoms with van der Waals surface area (Å²) in [6.07, 6.45) is 0.124. The molecule has 0 aromatic heterocycles. The van der Waals surface area contributed by atoms with E-state index in [0.717, 1.165) is 6.04 Å². The Kier molecular flexibility index (Phi) is 9.10. The average molecular weight is 250 g/mol. The van der Waals surface area contributed by atoms with Crippen molar-refractivity contribution in [2.24, 2.45) is 5.73 Å². The maximum absolute atomic E-state index is 9.62. The van der Waals surface area contributed by atoms with Gasteiger partial charge in [-0.25, -0.2) is 0 Å². The Labute approximate surface area is 99.6 Å². The molecule has 4 N–H and O–H groups in total. The number of nitrogens with one attached hydrogen (secondary N) is 1. The summed E-state index contributed by atoms with van der Waals surface area (Å²) < 4.78 is 11.4. The van der Waals surface area contributed by atoms with Crippen LogP contribution in [0, 0.1) is 0 Å². The summed E-state index contributed by atoms with van der Waals surface area (Å²) >= 11 is 0. The Morgan fingerprint density at radius 2 is 1.88 bits per heavy atom. The van der Waals surface area contributed by atoms with Gasteiger partial charge >= 0.3 is 8.56 Å². The predicted octanol–water partition coefficient (Wildman–Crippen LogP) is 0.388. The smallest absolute Gasteiger partial charge is 0.335 e. The molecule has 0 aliphatic carbocycles. The summed E-state index contributed by atoms with van der Waals surface area (Å²) in [6, 6.07) is 0.785. The van der Waals surface area contributed by atoms with Crippen molar-refractivity contribution in [3.63, 3.8) is 0 Å². The lowest BCUT2D eigenvalue weighted by molar-refractivity contribution is 0.125. The Morgan fingerprint density at radius 3 is 2.31 bits per heavy atom. The van der Waals surface area contributed by atoms with E-state index in [1.165, 1.54) is 0 Å². The second-order valence-electron chi connectivity index (χ2n) is 3.80. The minimum Gasteiger partial charge on any atom is -0.395 e. The molecule has 1 atom stereocenters. The van der Waals surface area contributed by atoms with E-state index in [1.807, 2.05) is 20.4 Å². The van der Waals surface area contributed by atoms with Gasteiger partial charge in [-0.2, -0.15) is 0 Å². The molecular weight excluding hydrogens is 224 g/mol. The quantitative estimate of drug-likeness (QED) is 0.386. The summed E-state index contributed by atoms with van der Waals surface area (Å²) in [7, 11) is -2.08. The first-order valence-corrected chi connectivity index (χ1v) is 8.49. The topological polar surface area (TPSA) is 76.7 Å². The van der Waals surface area contributed by atoms with Crippen LogP contribution in [0.4, 0.5) is 0 Å². The predicted molar refractivity (Wildman–Crippen MR) is 67.4 cm³/mol. The van der Waals surface area contributed by atoms with E-state index in [0.29, 0.717) is 32.7 Å². The number of aliphatic hydroxyl groups excluding tert-OH is 1. The molecule has 0 bridgehead atoms. The molecule has 0 spiro atoms. The van der Waals surface area contributed by atoms with Gasteiger partial charge in [-0.3, -0.25) is 5.32 Å². The zero-order valence-electron chi connectivity index (χ0n) is 10.7. The van der Waals surface area contributed by atoms with Crippen LogP contribution in [0.1, 0.15) is 20.3 Å². The highest BCUT2D eigenvalue weighted by Gasteiger charge is 2.30. The Hall–Kier alpha value is 0.0169. The first-order chi connectivity index (χ1) is 7.58. The van der Waals surface area contributed by atoms with Crippen LogP contribution < -0.4 is 11.1 Å². The molecule has 0 aromatic rings. The van der Waals surface area contributed by atoms with E-state index in [2.05, 4.69) is 5.32 Å². The third-order valence-electron chi connectivity index (χ3n) is 2.30. The van der Waals surface area contributed by atoms with Gasteiger partial charge in [-0.15, -0.1) is 0 Å². The van der Waals surface area contributed by atoms with Crippen molar-refractivity contribution in [2.75, 3.05) is 26.3 Å². The van der Waals surface area contributed by atoms with Gasteiger partial charge in [0.05, 0.1) is 0 Å². The molecule has 0 saturated carbocycles. The van der Waals surface area contributed by atoms with Gasteiger partial charge in [-0.1, -0.05) is 0 Å². The molecule has 0 heterocycles. The van der Waals surface area contributed by atoms with Crippen molar-refractivity contribution in [3.05, 3.63) is 0 Å². The number of aliphatic hydroxyl groups is 1. The van der Waals surface area contributed by atoms with Crippen molar-refractivity contribution in [1.29, 1.82) is 0 Å². The Balaban J connectivity index is 3.90. The number of nitrogens with two attached hydrogens (primary N) is 1. The molecule has 0 aliphatic rings. The van der Waals surface area contributed by atoms with Crippen molar-refractivity contribution in [3.8, 4) is 0 Å². The Bertz CT molecular complexity index is 166.